The fourth-order valence-corrected chi connectivity index (χ4v) is 4.42. The summed E-state index contributed by atoms with van der Waals surface area (Å²) in [5.74, 6) is 1.80. The van der Waals surface area contributed by atoms with Crippen LogP contribution in [0.25, 0.3) is 16.6 Å². The highest BCUT2D eigenvalue weighted by atomic mass is 15.1. The average molecular weight is 410 g/mol. The van der Waals surface area contributed by atoms with Crippen molar-refractivity contribution in [3.8, 4) is 0 Å². The van der Waals surface area contributed by atoms with Gasteiger partial charge in [-0.2, -0.15) is 0 Å². The molecule has 1 aliphatic rings. The van der Waals surface area contributed by atoms with Gasteiger partial charge in [0.1, 0.15) is 5.82 Å². The van der Waals surface area contributed by atoms with Crippen molar-refractivity contribution < 1.29 is 0 Å². The van der Waals surface area contributed by atoms with Crippen molar-refractivity contribution in [2.24, 2.45) is 11.7 Å². The lowest BCUT2D eigenvalue weighted by molar-refractivity contribution is 0.205. The highest BCUT2D eigenvalue weighted by molar-refractivity contribution is 5.82. The highest BCUT2D eigenvalue weighted by Crippen LogP contribution is 2.23. The summed E-state index contributed by atoms with van der Waals surface area (Å²) in [6, 6.07) is 4.31. The Morgan fingerprint density at radius 3 is 2.77 bits per heavy atom. The molecule has 30 heavy (non-hydrogen) atoms. The number of allylic oxidation sites excluding steroid dienone is 2. The zero-order chi connectivity index (χ0) is 21.5. The summed E-state index contributed by atoms with van der Waals surface area (Å²) in [5.41, 5.74) is 11.5. The van der Waals surface area contributed by atoms with Crippen LogP contribution in [0.15, 0.2) is 30.5 Å². The van der Waals surface area contributed by atoms with Gasteiger partial charge in [-0.25, -0.2) is 4.98 Å². The molecule has 0 amide bonds. The molecule has 3 N–H and O–H groups in total. The van der Waals surface area contributed by atoms with Crippen molar-refractivity contribution in [3.05, 3.63) is 47.4 Å². The van der Waals surface area contributed by atoms with Crippen LogP contribution in [0.4, 0.5) is 0 Å². The molecule has 0 saturated carbocycles. The number of aryl methyl sites for hydroxylation is 2. The molecule has 1 aromatic heterocycles. The number of nitrogens with two attached hydrogens (primary N) is 1. The Balaban J connectivity index is 1.43. The van der Waals surface area contributed by atoms with Gasteiger partial charge >= 0.3 is 0 Å². The van der Waals surface area contributed by atoms with Crippen LogP contribution < -0.4 is 5.73 Å². The molecule has 0 atom stereocenters. The number of aromatic amines is 1. The summed E-state index contributed by atoms with van der Waals surface area (Å²) >= 11 is 0. The van der Waals surface area contributed by atoms with Crippen LogP contribution in [0.3, 0.4) is 0 Å². The molecule has 2 heterocycles. The molecule has 164 valence electrons. The summed E-state index contributed by atoms with van der Waals surface area (Å²) in [5, 5.41) is 0. The second-order valence-electron chi connectivity index (χ2n) is 9.08. The van der Waals surface area contributed by atoms with E-state index in [-0.39, 0.29) is 0 Å². The number of benzene rings is 1. The highest BCUT2D eigenvalue weighted by Gasteiger charge is 2.16. The van der Waals surface area contributed by atoms with E-state index in [0.717, 1.165) is 41.3 Å². The second kappa shape index (κ2) is 10.8. The smallest absolute Gasteiger partial charge is 0.136 e. The molecule has 1 aromatic carbocycles. The molecule has 0 radical (unpaired) electrons. The number of imidazole rings is 1. The largest absolute Gasteiger partial charge is 0.404 e. The van der Waals surface area contributed by atoms with E-state index in [1.54, 1.807) is 6.20 Å². The van der Waals surface area contributed by atoms with Gasteiger partial charge in [-0.3, -0.25) is 0 Å². The third-order valence-corrected chi connectivity index (χ3v) is 6.34. The first kappa shape index (κ1) is 22.6. The van der Waals surface area contributed by atoms with Crippen molar-refractivity contribution in [2.45, 2.75) is 46.0 Å². The Bertz CT molecular complexity index is 871. The van der Waals surface area contributed by atoms with Crippen LogP contribution in [0.1, 0.15) is 49.1 Å². The first-order valence-electron chi connectivity index (χ1n) is 11.4. The van der Waals surface area contributed by atoms with Gasteiger partial charge < -0.3 is 20.5 Å². The quantitative estimate of drug-likeness (QED) is 0.600. The summed E-state index contributed by atoms with van der Waals surface area (Å²) in [7, 11) is 4.45. The zero-order valence-electron chi connectivity index (χ0n) is 19.2. The average Bonchev–Trinajstić information content (AvgIpc) is 3.13. The van der Waals surface area contributed by atoms with E-state index >= 15 is 0 Å². The minimum atomic E-state index is 0.789. The Labute approximate surface area is 182 Å². The Hall–Kier alpha value is -2.11. The third kappa shape index (κ3) is 6.19. The maximum atomic E-state index is 5.91. The van der Waals surface area contributed by atoms with Crippen molar-refractivity contribution in [1.82, 2.24) is 19.8 Å². The molecule has 3 rings (SSSR count). The Morgan fingerprint density at radius 1 is 1.27 bits per heavy atom. The molecule has 0 spiro atoms. The van der Waals surface area contributed by atoms with E-state index in [1.807, 2.05) is 0 Å². The lowest BCUT2D eigenvalue weighted by Gasteiger charge is -2.29. The van der Waals surface area contributed by atoms with Gasteiger partial charge in [0.25, 0.3) is 0 Å². The van der Waals surface area contributed by atoms with E-state index in [9.17, 15) is 0 Å². The molecule has 5 heteroatoms. The standard InChI is InChI=1S/C25H39N5/c1-19-16-20(2)24-23(17-19)27-25(28-24)22(18-26)9-5-6-12-29(3)13-7-8-21-10-14-30(4)15-11-21/h5-6,16-18,21H,7-15,26H2,1-4H3,(H,27,28)/b6-5-,22-18+. The Kier molecular flexibility index (Phi) is 8.11. The van der Waals surface area contributed by atoms with Gasteiger partial charge in [0.15, 0.2) is 0 Å². The fourth-order valence-electron chi connectivity index (χ4n) is 4.42. The number of likely N-dealkylation sites (N-methyl/N-ethyl adjacent to an activating group) is 1. The summed E-state index contributed by atoms with van der Waals surface area (Å²) in [4.78, 5) is 13.1. The number of rotatable bonds is 9. The molecule has 1 saturated heterocycles. The minimum Gasteiger partial charge on any atom is -0.404 e. The lowest BCUT2D eigenvalue weighted by atomic mass is 9.92. The van der Waals surface area contributed by atoms with Crippen LogP contribution in [-0.4, -0.2) is 60.0 Å². The molecule has 1 fully saturated rings. The molecule has 1 aliphatic heterocycles. The fraction of sp³-hybridized carbons (Fsp3) is 0.560. The van der Waals surface area contributed by atoms with Gasteiger partial charge in [0, 0.05) is 18.3 Å². The number of likely N-dealkylation sites (tertiary alicyclic amines) is 1. The van der Waals surface area contributed by atoms with Crippen LogP contribution in [0.5, 0.6) is 0 Å². The molecule has 0 aliphatic carbocycles. The first-order valence-corrected chi connectivity index (χ1v) is 11.4. The third-order valence-electron chi connectivity index (χ3n) is 6.34. The van der Waals surface area contributed by atoms with Crippen LogP contribution in [-0.2, 0) is 0 Å². The Morgan fingerprint density at radius 2 is 2.03 bits per heavy atom. The topological polar surface area (TPSA) is 61.2 Å². The molecule has 0 unspecified atom stereocenters. The number of aromatic nitrogens is 2. The molecular formula is C25H39N5. The van der Waals surface area contributed by atoms with Crippen molar-refractivity contribution in [2.75, 3.05) is 40.3 Å². The maximum absolute atomic E-state index is 5.91. The number of piperidine rings is 1. The van der Waals surface area contributed by atoms with E-state index in [2.05, 4.69) is 67.0 Å². The van der Waals surface area contributed by atoms with E-state index in [4.69, 9.17) is 10.7 Å². The van der Waals surface area contributed by atoms with E-state index in [1.165, 1.54) is 56.4 Å². The zero-order valence-corrected chi connectivity index (χ0v) is 19.2. The number of hydrogen-bond donors (Lipinski definition) is 2. The van der Waals surface area contributed by atoms with Crippen LogP contribution in [0, 0.1) is 19.8 Å². The predicted molar refractivity (Wildman–Crippen MR) is 128 cm³/mol. The normalized spacial score (nSPS) is 17.0. The number of fused-ring (bicyclic) bond motifs is 1. The van der Waals surface area contributed by atoms with Gasteiger partial charge in [-0.15, -0.1) is 0 Å². The predicted octanol–water partition coefficient (Wildman–Crippen LogP) is 4.48. The summed E-state index contributed by atoms with van der Waals surface area (Å²) in [6.45, 7) is 8.89. The second-order valence-corrected chi connectivity index (χ2v) is 9.08. The SMILES string of the molecule is Cc1cc(C)c2nc(/C(=C/N)C/C=C\CN(C)CCCC3CCN(C)CC3)[nH]c2c1. The van der Waals surface area contributed by atoms with Crippen molar-refractivity contribution >= 4 is 16.6 Å². The summed E-state index contributed by atoms with van der Waals surface area (Å²) in [6.07, 6.45) is 12.3. The number of hydrogen-bond acceptors (Lipinski definition) is 4. The van der Waals surface area contributed by atoms with E-state index < -0.39 is 0 Å². The van der Waals surface area contributed by atoms with Crippen molar-refractivity contribution in [1.29, 1.82) is 0 Å². The van der Waals surface area contributed by atoms with Gasteiger partial charge in [0.2, 0.25) is 0 Å². The van der Waals surface area contributed by atoms with E-state index in [0.29, 0.717) is 0 Å². The first-order chi connectivity index (χ1) is 14.5. The molecule has 2 aromatic rings. The maximum Gasteiger partial charge on any atom is 0.136 e. The van der Waals surface area contributed by atoms with Gasteiger partial charge in [-0.1, -0.05) is 18.2 Å². The molecule has 0 bridgehead atoms. The monoisotopic (exact) mass is 409 g/mol. The molecular weight excluding hydrogens is 370 g/mol. The minimum absolute atomic E-state index is 0.789. The van der Waals surface area contributed by atoms with Crippen molar-refractivity contribution in [3.63, 3.8) is 0 Å². The number of H-pyrrole nitrogens is 1. The number of nitrogens with zero attached hydrogens (tertiary/aromatic N) is 3. The number of nitrogens with one attached hydrogen (secondary N) is 1. The summed E-state index contributed by atoms with van der Waals surface area (Å²) < 4.78 is 0. The van der Waals surface area contributed by atoms with Crippen LogP contribution in [0.2, 0.25) is 0 Å². The van der Waals surface area contributed by atoms with Gasteiger partial charge in [0.05, 0.1) is 11.0 Å². The van der Waals surface area contributed by atoms with Crippen LogP contribution >= 0.6 is 0 Å². The van der Waals surface area contributed by atoms with Gasteiger partial charge in [-0.05, 0) is 103 Å². The molecule has 5 nitrogen and oxygen atoms in total. The lowest BCUT2D eigenvalue weighted by Crippen LogP contribution is -2.30.